The molecule has 0 aromatic carbocycles. The van der Waals surface area contributed by atoms with E-state index in [2.05, 4.69) is 10.6 Å². The lowest BCUT2D eigenvalue weighted by Crippen LogP contribution is -2.56. The molecule has 7 heteroatoms. The molecule has 148 valence electrons. The van der Waals surface area contributed by atoms with E-state index in [4.69, 9.17) is 9.15 Å². The van der Waals surface area contributed by atoms with E-state index in [1.165, 1.54) is 18.9 Å². The molecule has 1 aliphatic carbocycles. The quantitative estimate of drug-likeness (QED) is 0.792. The van der Waals surface area contributed by atoms with Gasteiger partial charge in [0.25, 0.3) is 5.91 Å². The highest BCUT2D eigenvalue weighted by molar-refractivity contribution is 5.98. The first-order valence-electron chi connectivity index (χ1n) is 9.78. The summed E-state index contributed by atoms with van der Waals surface area (Å²) in [4.78, 5) is 37.5. The topological polar surface area (TPSA) is 97.6 Å². The van der Waals surface area contributed by atoms with Crippen LogP contribution in [0.4, 0.5) is 0 Å². The summed E-state index contributed by atoms with van der Waals surface area (Å²) in [5, 5.41) is 5.68. The van der Waals surface area contributed by atoms with Crippen molar-refractivity contribution in [3.05, 3.63) is 24.2 Å². The third-order valence-electron chi connectivity index (χ3n) is 5.54. The monoisotopic (exact) mass is 376 g/mol. The maximum Gasteiger partial charge on any atom is 0.255 e. The van der Waals surface area contributed by atoms with Crippen LogP contribution in [0.25, 0.3) is 0 Å². The van der Waals surface area contributed by atoms with Crippen molar-refractivity contribution in [3.63, 3.8) is 0 Å². The Kier molecular flexibility index (Phi) is 6.66. The number of amides is 2. The molecule has 3 atom stereocenters. The van der Waals surface area contributed by atoms with Crippen molar-refractivity contribution >= 4 is 17.6 Å². The summed E-state index contributed by atoms with van der Waals surface area (Å²) < 4.78 is 10.2. The Morgan fingerprint density at radius 2 is 2.04 bits per heavy atom. The van der Waals surface area contributed by atoms with Crippen LogP contribution in [-0.2, 0) is 14.3 Å². The molecule has 2 N–H and O–H groups in total. The first-order valence-corrected chi connectivity index (χ1v) is 9.78. The predicted octanol–water partition coefficient (Wildman–Crippen LogP) is 2.07. The molecule has 3 rings (SSSR count). The average molecular weight is 376 g/mol. The van der Waals surface area contributed by atoms with Gasteiger partial charge in [-0.25, -0.2) is 0 Å². The third kappa shape index (κ3) is 5.19. The van der Waals surface area contributed by atoms with E-state index in [1.54, 1.807) is 6.07 Å². The molecule has 1 saturated heterocycles. The molecule has 2 fully saturated rings. The summed E-state index contributed by atoms with van der Waals surface area (Å²) in [6.45, 7) is 2.33. The van der Waals surface area contributed by atoms with Crippen molar-refractivity contribution < 1.29 is 23.5 Å². The van der Waals surface area contributed by atoms with Gasteiger partial charge in [-0.05, 0) is 18.4 Å². The molecule has 2 amide bonds. The number of rotatable bonds is 6. The highest BCUT2D eigenvalue weighted by atomic mass is 16.5. The molecule has 1 saturated carbocycles. The normalized spacial score (nSPS) is 25.0. The Bertz CT molecular complexity index is 651. The Balaban J connectivity index is 1.68. The van der Waals surface area contributed by atoms with Gasteiger partial charge in [0.1, 0.15) is 18.9 Å². The molecular weight excluding hydrogens is 348 g/mol. The molecule has 0 radical (unpaired) electrons. The van der Waals surface area contributed by atoms with Crippen molar-refractivity contribution in [2.24, 2.45) is 11.8 Å². The molecular formula is C20H28N2O5. The van der Waals surface area contributed by atoms with Crippen LogP contribution in [0.15, 0.2) is 23.0 Å². The number of carbonyl (C=O) groups excluding carboxylic acids is 3. The van der Waals surface area contributed by atoms with Gasteiger partial charge in [0.2, 0.25) is 5.91 Å². The third-order valence-corrected chi connectivity index (χ3v) is 5.54. The molecule has 7 nitrogen and oxygen atoms in total. The van der Waals surface area contributed by atoms with Gasteiger partial charge in [-0.15, -0.1) is 0 Å². The minimum Gasteiger partial charge on any atom is -0.472 e. The van der Waals surface area contributed by atoms with Crippen molar-refractivity contribution in [3.8, 4) is 0 Å². The summed E-state index contributed by atoms with van der Waals surface area (Å²) in [5.74, 6) is -0.452. The number of hydrogen-bond acceptors (Lipinski definition) is 5. The van der Waals surface area contributed by atoms with Crippen molar-refractivity contribution in [2.75, 3.05) is 13.2 Å². The second-order valence-corrected chi connectivity index (χ2v) is 7.72. The number of ketones is 1. The fourth-order valence-corrected chi connectivity index (χ4v) is 3.95. The first kappa shape index (κ1) is 19.6. The number of furan rings is 1. The highest BCUT2D eigenvalue weighted by Gasteiger charge is 2.34. The van der Waals surface area contributed by atoms with E-state index in [9.17, 15) is 14.4 Å². The number of Topliss-reactive ketones (excluding diaryl/α,β-unsaturated/α-hetero) is 1. The zero-order chi connectivity index (χ0) is 19.2. The largest absolute Gasteiger partial charge is 0.472 e. The lowest BCUT2D eigenvalue weighted by atomic mass is 9.84. The minimum absolute atomic E-state index is 0.0178. The molecule has 0 spiro atoms. The van der Waals surface area contributed by atoms with E-state index >= 15 is 0 Å². The van der Waals surface area contributed by atoms with Crippen LogP contribution in [0.2, 0.25) is 0 Å². The van der Waals surface area contributed by atoms with Crippen LogP contribution in [0, 0.1) is 11.8 Å². The van der Waals surface area contributed by atoms with E-state index < -0.39 is 12.1 Å². The maximum atomic E-state index is 12.9. The van der Waals surface area contributed by atoms with Gasteiger partial charge >= 0.3 is 0 Å². The lowest BCUT2D eigenvalue weighted by Gasteiger charge is -2.31. The van der Waals surface area contributed by atoms with E-state index in [1.807, 2.05) is 6.92 Å². The Morgan fingerprint density at radius 3 is 2.70 bits per heavy atom. The molecule has 1 aliphatic heterocycles. The molecule has 1 aromatic rings. The standard InChI is InChI=1S/C20H28N2O5/c1-13-10-27-12-17(23)18(13)22-20(25)16(9-14-5-3-2-4-6-14)21-19(24)15-7-8-26-11-15/h7-8,11,13-14,16,18H,2-6,9-10,12H2,1H3,(H,21,24)(H,22,25)/t13?,16-,18?/m0/s1. The van der Waals surface area contributed by atoms with Crippen LogP contribution in [0.3, 0.4) is 0 Å². The fourth-order valence-electron chi connectivity index (χ4n) is 3.95. The van der Waals surface area contributed by atoms with Crippen molar-refractivity contribution in [1.29, 1.82) is 0 Å². The van der Waals surface area contributed by atoms with Gasteiger partial charge < -0.3 is 19.8 Å². The van der Waals surface area contributed by atoms with Crippen LogP contribution < -0.4 is 10.6 Å². The summed E-state index contributed by atoms with van der Waals surface area (Å²) in [7, 11) is 0. The molecule has 2 aliphatic rings. The van der Waals surface area contributed by atoms with Crippen molar-refractivity contribution in [2.45, 2.75) is 57.5 Å². The minimum atomic E-state index is -0.668. The highest BCUT2D eigenvalue weighted by Crippen LogP contribution is 2.27. The van der Waals surface area contributed by atoms with Gasteiger partial charge in [0.05, 0.1) is 24.5 Å². The van der Waals surface area contributed by atoms with Crippen molar-refractivity contribution in [1.82, 2.24) is 10.6 Å². The number of hydrogen-bond donors (Lipinski definition) is 2. The Labute approximate surface area is 159 Å². The summed E-state index contributed by atoms with van der Waals surface area (Å²) in [6, 6.07) is 0.332. The second kappa shape index (κ2) is 9.17. The predicted molar refractivity (Wildman–Crippen MR) is 98.1 cm³/mol. The SMILES string of the molecule is CC1COCC(=O)C1NC(=O)[C@H](CC1CCCCC1)NC(=O)c1ccoc1. The summed E-state index contributed by atoms with van der Waals surface area (Å²) in [5.41, 5.74) is 0.381. The summed E-state index contributed by atoms with van der Waals surface area (Å²) >= 11 is 0. The Morgan fingerprint density at radius 1 is 1.26 bits per heavy atom. The smallest absolute Gasteiger partial charge is 0.255 e. The molecule has 2 unspecified atom stereocenters. The molecule has 27 heavy (non-hydrogen) atoms. The van der Waals surface area contributed by atoms with E-state index in [0.29, 0.717) is 24.5 Å². The number of nitrogens with one attached hydrogen (secondary N) is 2. The molecule has 0 bridgehead atoms. The second-order valence-electron chi connectivity index (χ2n) is 7.72. The summed E-state index contributed by atoms with van der Waals surface area (Å²) in [6.07, 6.45) is 9.04. The first-order chi connectivity index (χ1) is 13.0. The zero-order valence-electron chi connectivity index (χ0n) is 15.7. The van der Waals surface area contributed by atoms with Gasteiger partial charge in [-0.2, -0.15) is 0 Å². The van der Waals surface area contributed by atoms with Gasteiger partial charge in [-0.3, -0.25) is 14.4 Å². The number of carbonyl (C=O) groups is 3. The lowest BCUT2D eigenvalue weighted by molar-refractivity contribution is -0.137. The average Bonchev–Trinajstić information content (AvgIpc) is 3.20. The van der Waals surface area contributed by atoms with E-state index in [0.717, 1.165) is 25.7 Å². The fraction of sp³-hybridized carbons (Fsp3) is 0.650. The number of ether oxygens (including phenoxy) is 1. The maximum absolute atomic E-state index is 12.9. The van der Waals surface area contributed by atoms with Crippen LogP contribution in [-0.4, -0.2) is 42.9 Å². The molecule has 2 heterocycles. The zero-order valence-corrected chi connectivity index (χ0v) is 15.7. The van der Waals surface area contributed by atoms with Crippen LogP contribution in [0.5, 0.6) is 0 Å². The Hall–Kier alpha value is -2.15. The van der Waals surface area contributed by atoms with Crippen LogP contribution >= 0.6 is 0 Å². The van der Waals surface area contributed by atoms with E-state index in [-0.39, 0.29) is 30.1 Å². The van der Waals surface area contributed by atoms with Crippen LogP contribution in [0.1, 0.15) is 55.8 Å². The van der Waals surface area contributed by atoms with Gasteiger partial charge in [0.15, 0.2) is 5.78 Å². The van der Waals surface area contributed by atoms with Gasteiger partial charge in [0, 0.05) is 5.92 Å². The molecule has 1 aromatic heterocycles. The van der Waals surface area contributed by atoms with Gasteiger partial charge in [-0.1, -0.05) is 39.0 Å².